The molecule has 128 valence electrons. The Morgan fingerprint density at radius 1 is 1.12 bits per heavy atom. The van der Waals surface area contributed by atoms with Crippen LogP contribution in [-0.2, 0) is 0 Å². The van der Waals surface area contributed by atoms with Crippen LogP contribution < -0.4 is 5.32 Å². The Balaban J connectivity index is 2.15. The number of halogens is 2. The number of nitrogens with one attached hydrogen (secondary N) is 1. The van der Waals surface area contributed by atoms with E-state index in [0.717, 1.165) is 18.7 Å². The quantitative estimate of drug-likeness (QED) is 0.809. The van der Waals surface area contributed by atoms with Crippen LogP contribution in [0.15, 0.2) is 48.5 Å². The van der Waals surface area contributed by atoms with Crippen molar-refractivity contribution in [2.24, 2.45) is 0 Å². The van der Waals surface area contributed by atoms with Crippen LogP contribution in [0.2, 0.25) is 5.02 Å². The second-order valence-corrected chi connectivity index (χ2v) is 5.88. The fraction of sp³-hybridized carbons (Fsp3) is 0.316. The highest BCUT2D eigenvalue weighted by Gasteiger charge is 2.21. The summed E-state index contributed by atoms with van der Waals surface area (Å²) in [5, 5.41) is 3.62. The molecule has 0 aliphatic rings. The molecule has 5 heteroatoms. The van der Waals surface area contributed by atoms with Crippen LogP contribution in [0.5, 0.6) is 0 Å². The number of hydrogen-bond acceptors (Lipinski definition) is 2. The molecule has 2 rings (SSSR count). The van der Waals surface area contributed by atoms with Gasteiger partial charge in [0.25, 0.3) is 5.91 Å². The summed E-state index contributed by atoms with van der Waals surface area (Å²) in [7, 11) is 0. The van der Waals surface area contributed by atoms with Crippen LogP contribution in [0.25, 0.3) is 0 Å². The first kappa shape index (κ1) is 18.4. The molecule has 24 heavy (non-hydrogen) atoms. The smallest absolute Gasteiger partial charge is 0.251 e. The van der Waals surface area contributed by atoms with Gasteiger partial charge in [0.05, 0.1) is 6.04 Å². The zero-order valence-corrected chi connectivity index (χ0v) is 14.7. The molecule has 0 saturated carbocycles. The third-order valence-electron chi connectivity index (χ3n) is 4.08. The Morgan fingerprint density at radius 3 is 2.33 bits per heavy atom. The van der Waals surface area contributed by atoms with Crippen LogP contribution >= 0.6 is 11.6 Å². The highest BCUT2D eigenvalue weighted by molar-refractivity contribution is 6.31. The van der Waals surface area contributed by atoms with Gasteiger partial charge in [-0.1, -0.05) is 43.6 Å². The van der Waals surface area contributed by atoms with Crippen LogP contribution in [0.1, 0.15) is 35.8 Å². The SMILES string of the molecule is CCN(CC)[C@H](CNC(=O)c1ccc(F)cc1)c1ccccc1Cl. The van der Waals surface area contributed by atoms with Crippen LogP contribution in [0, 0.1) is 5.82 Å². The number of benzene rings is 2. The van der Waals surface area contributed by atoms with E-state index in [4.69, 9.17) is 11.6 Å². The zero-order chi connectivity index (χ0) is 17.5. The van der Waals surface area contributed by atoms with Crippen LogP contribution in [0.3, 0.4) is 0 Å². The molecule has 0 unspecified atom stereocenters. The van der Waals surface area contributed by atoms with Crippen molar-refractivity contribution in [3.05, 3.63) is 70.5 Å². The molecule has 0 saturated heterocycles. The molecule has 1 amide bonds. The minimum Gasteiger partial charge on any atom is -0.350 e. The van der Waals surface area contributed by atoms with Gasteiger partial charge in [0.1, 0.15) is 5.82 Å². The van der Waals surface area contributed by atoms with Crippen molar-refractivity contribution >= 4 is 17.5 Å². The van der Waals surface area contributed by atoms with Crippen LogP contribution in [0.4, 0.5) is 4.39 Å². The fourth-order valence-electron chi connectivity index (χ4n) is 2.74. The first-order valence-electron chi connectivity index (χ1n) is 8.09. The maximum Gasteiger partial charge on any atom is 0.251 e. The number of amides is 1. The molecule has 0 fully saturated rings. The van der Waals surface area contributed by atoms with E-state index in [2.05, 4.69) is 24.1 Å². The van der Waals surface area contributed by atoms with Crippen molar-refractivity contribution in [2.45, 2.75) is 19.9 Å². The Bertz CT molecular complexity index is 671. The standard InChI is InChI=1S/C19H22ClFN2O/c1-3-23(4-2)18(16-7-5-6-8-17(16)20)13-22-19(24)14-9-11-15(21)12-10-14/h5-12,18H,3-4,13H2,1-2H3,(H,22,24)/t18-/m1/s1. The van der Waals surface area contributed by atoms with E-state index < -0.39 is 0 Å². The summed E-state index contributed by atoms with van der Waals surface area (Å²) in [5.41, 5.74) is 1.43. The fourth-order valence-corrected chi connectivity index (χ4v) is 3.00. The summed E-state index contributed by atoms with van der Waals surface area (Å²) >= 11 is 6.35. The Labute approximate surface area is 147 Å². The second kappa shape index (κ2) is 8.81. The molecule has 2 aromatic rings. The minimum atomic E-state index is -0.358. The number of likely N-dealkylation sites (N-methyl/N-ethyl adjacent to an activating group) is 1. The largest absolute Gasteiger partial charge is 0.350 e. The van der Waals surface area contributed by atoms with E-state index in [-0.39, 0.29) is 17.8 Å². The molecule has 0 radical (unpaired) electrons. The summed E-state index contributed by atoms with van der Waals surface area (Å²) in [4.78, 5) is 14.5. The number of nitrogens with zero attached hydrogens (tertiary/aromatic N) is 1. The molecular formula is C19H22ClFN2O. The normalized spacial score (nSPS) is 12.2. The molecule has 0 heterocycles. The van der Waals surface area contributed by atoms with Crippen molar-refractivity contribution in [2.75, 3.05) is 19.6 Å². The van der Waals surface area contributed by atoms with Crippen LogP contribution in [-0.4, -0.2) is 30.4 Å². The van der Waals surface area contributed by atoms with Gasteiger partial charge in [0.2, 0.25) is 0 Å². The predicted octanol–water partition coefficient (Wildman–Crippen LogP) is 4.29. The van der Waals surface area contributed by atoms with Gasteiger partial charge in [-0.25, -0.2) is 4.39 Å². The number of carbonyl (C=O) groups excluding carboxylic acids is 1. The first-order chi connectivity index (χ1) is 11.6. The molecule has 1 atom stereocenters. The Hall–Kier alpha value is -1.91. The summed E-state index contributed by atoms with van der Waals surface area (Å²) in [6, 6.07) is 13.2. The maximum absolute atomic E-state index is 13.0. The first-order valence-corrected chi connectivity index (χ1v) is 8.46. The molecular weight excluding hydrogens is 327 g/mol. The van der Waals surface area contributed by atoms with E-state index in [1.54, 1.807) is 0 Å². The lowest BCUT2D eigenvalue weighted by Gasteiger charge is -2.31. The van der Waals surface area contributed by atoms with Crippen molar-refractivity contribution in [3.8, 4) is 0 Å². The minimum absolute atomic E-state index is 0.0156. The molecule has 0 aliphatic carbocycles. The highest BCUT2D eigenvalue weighted by atomic mass is 35.5. The van der Waals surface area contributed by atoms with Gasteiger partial charge >= 0.3 is 0 Å². The average Bonchev–Trinajstić information content (AvgIpc) is 2.60. The third kappa shape index (κ3) is 4.56. The lowest BCUT2D eigenvalue weighted by atomic mass is 10.0. The van der Waals surface area contributed by atoms with Gasteiger partial charge in [-0.15, -0.1) is 0 Å². The van der Waals surface area contributed by atoms with Gasteiger partial charge in [0, 0.05) is 17.1 Å². The van der Waals surface area contributed by atoms with Gasteiger partial charge in [-0.3, -0.25) is 9.69 Å². The van der Waals surface area contributed by atoms with Crippen molar-refractivity contribution < 1.29 is 9.18 Å². The molecule has 0 aliphatic heterocycles. The third-order valence-corrected chi connectivity index (χ3v) is 4.42. The van der Waals surface area contributed by atoms with E-state index in [1.807, 2.05) is 24.3 Å². The Kier molecular flexibility index (Phi) is 6.76. The van der Waals surface area contributed by atoms with E-state index >= 15 is 0 Å². The van der Waals surface area contributed by atoms with Gasteiger partial charge in [-0.2, -0.15) is 0 Å². The van der Waals surface area contributed by atoms with Crippen molar-refractivity contribution in [1.29, 1.82) is 0 Å². The number of carbonyl (C=O) groups is 1. The second-order valence-electron chi connectivity index (χ2n) is 5.48. The lowest BCUT2D eigenvalue weighted by Crippen LogP contribution is -2.38. The van der Waals surface area contributed by atoms with Gasteiger partial charge in [0.15, 0.2) is 0 Å². The molecule has 1 N–H and O–H groups in total. The topological polar surface area (TPSA) is 32.3 Å². The van der Waals surface area contributed by atoms with Crippen molar-refractivity contribution in [3.63, 3.8) is 0 Å². The zero-order valence-electron chi connectivity index (χ0n) is 13.9. The predicted molar refractivity (Wildman–Crippen MR) is 95.8 cm³/mol. The molecule has 3 nitrogen and oxygen atoms in total. The summed E-state index contributed by atoms with van der Waals surface area (Å²) < 4.78 is 13.0. The van der Waals surface area contributed by atoms with E-state index in [9.17, 15) is 9.18 Å². The highest BCUT2D eigenvalue weighted by Crippen LogP contribution is 2.27. The number of rotatable bonds is 7. The molecule has 0 bridgehead atoms. The number of hydrogen-bond donors (Lipinski definition) is 1. The summed E-state index contributed by atoms with van der Waals surface area (Å²) in [6.07, 6.45) is 0. The average molecular weight is 349 g/mol. The maximum atomic E-state index is 13.0. The molecule has 0 aromatic heterocycles. The molecule has 0 spiro atoms. The van der Waals surface area contributed by atoms with Gasteiger partial charge < -0.3 is 5.32 Å². The van der Waals surface area contributed by atoms with Crippen molar-refractivity contribution in [1.82, 2.24) is 10.2 Å². The summed E-state index contributed by atoms with van der Waals surface area (Å²) in [6.45, 7) is 6.28. The van der Waals surface area contributed by atoms with Gasteiger partial charge in [-0.05, 0) is 49.0 Å². The monoisotopic (exact) mass is 348 g/mol. The Morgan fingerprint density at radius 2 is 1.75 bits per heavy atom. The summed E-state index contributed by atoms with van der Waals surface area (Å²) in [5.74, 6) is -0.581. The molecule has 2 aromatic carbocycles. The lowest BCUT2D eigenvalue weighted by molar-refractivity contribution is 0.0935. The van der Waals surface area contributed by atoms with E-state index in [1.165, 1.54) is 24.3 Å². The van der Waals surface area contributed by atoms with E-state index in [0.29, 0.717) is 17.1 Å².